The van der Waals surface area contributed by atoms with Gasteiger partial charge < -0.3 is 0 Å². The Morgan fingerprint density at radius 2 is 1.71 bits per heavy atom. The van der Waals surface area contributed by atoms with E-state index in [-0.39, 0.29) is 5.41 Å². The van der Waals surface area contributed by atoms with Gasteiger partial charge in [0.25, 0.3) is 0 Å². The van der Waals surface area contributed by atoms with Gasteiger partial charge >= 0.3 is 0 Å². The summed E-state index contributed by atoms with van der Waals surface area (Å²) in [6, 6.07) is 6.75. The molecule has 0 bridgehead atoms. The van der Waals surface area contributed by atoms with Crippen molar-refractivity contribution in [2.45, 2.75) is 37.6 Å². The number of halogens is 1. The van der Waals surface area contributed by atoms with Crippen molar-refractivity contribution in [3.05, 3.63) is 40.9 Å². The molecule has 0 spiro atoms. The number of nitrogens with zero attached hydrogens (tertiary/aromatic N) is 3. The molecule has 0 amide bonds. The molecule has 1 aromatic carbocycles. The first-order chi connectivity index (χ1) is 9.59. The lowest BCUT2D eigenvalue weighted by Gasteiger charge is -2.19. The van der Waals surface area contributed by atoms with E-state index in [0.29, 0.717) is 16.7 Å². The van der Waals surface area contributed by atoms with Gasteiger partial charge in [0.1, 0.15) is 5.82 Å². The lowest BCUT2D eigenvalue weighted by atomic mass is 9.95. The van der Waals surface area contributed by atoms with Gasteiger partial charge in [-0.25, -0.2) is 8.42 Å². The average Bonchev–Trinajstić information content (AvgIpc) is 2.70. The Hall–Kier alpha value is -1.40. The molecule has 0 fully saturated rings. The Bertz CT molecular complexity index is 744. The minimum atomic E-state index is -3.18. The molecule has 0 radical (unpaired) electrons. The third-order valence-corrected chi connectivity index (χ3v) is 4.48. The van der Waals surface area contributed by atoms with Gasteiger partial charge in [0.15, 0.2) is 9.84 Å². The molecule has 114 valence electrons. The molecule has 0 aliphatic carbocycles. The van der Waals surface area contributed by atoms with Crippen LogP contribution >= 0.6 is 11.6 Å². The Morgan fingerprint density at radius 3 is 2.19 bits per heavy atom. The second-order valence-electron chi connectivity index (χ2n) is 6.04. The summed E-state index contributed by atoms with van der Waals surface area (Å²) in [5.41, 5.74) is 0.766. The van der Waals surface area contributed by atoms with Crippen LogP contribution in [-0.4, -0.2) is 29.4 Å². The van der Waals surface area contributed by atoms with E-state index in [1.165, 1.54) is 6.26 Å². The number of hydrogen-bond acceptors (Lipinski definition) is 4. The maximum atomic E-state index is 11.5. The van der Waals surface area contributed by atoms with Crippen molar-refractivity contribution in [2.75, 3.05) is 6.26 Å². The second-order valence-corrected chi connectivity index (χ2v) is 8.40. The highest BCUT2D eigenvalue weighted by molar-refractivity contribution is 7.90. The highest BCUT2D eigenvalue weighted by atomic mass is 35.5. The largest absolute Gasteiger partial charge is 0.297 e. The van der Waals surface area contributed by atoms with Crippen LogP contribution in [0.2, 0.25) is 5.28 Å². The summed E-state index contributed by atoms with van der Waals surface area (Å²) in [5.74, 6) is 0.791. The normalized spacial score (nSPS) is 12.6. The van der Waals surface area contributed by atoms with Gasteiger partial charge in [0.05, 0.1) is 11.4 Å². The van der Waals surface area contributed by atoms with Crippen LogP contribution in [-0.2, 0) is 21.8 Å². The molecule has 0 unspecified atom stereocenters. The smallest absolute Gasteiger partial charge is 0.225 e. The molecule has 0 aliphatic heterocycles. The summed E-state index contributed by atoms with van der Waals surface area (Å²) < 4.78 is 24.7. The van der Waals surface area contributed by atoms with Gasteiger partial charge in [-0.1, -0.05) is 32.9 Å². The third kappa shape index (κ3) is 3.63. The second kappa shape index (κ2) is 5.42. The van der Waals surface area contributed by atoms with E-state index in [4.69, 9.17) is 11.6 Å². The maximum Gasteiger partial charge on any atom is 0.225 e. The standard InChI is InChI=1S/C14H18ClN3O2S/c1-14(2,3)12-16-17-13(15)18(12)9-10-5-7-11(8-6-10)21(4,19)20/h5-8H,9H2,1-4H3. The minimum Gasteiger partial charge on any atom is -0.297 e. The molecule has 5 nitrogen and oxygen atoms in total. The molecule has 2 aromatic rings. The van der Waals surface area contributed by atoms with Crippen molar-refractivity contribution in [2.24, 2.45) is 0 Å². The van der Waals surface area contributed by atoms with Gasteiger partial charge in [0, 0.05) is 11.7 Å². The third-order valence-electron chi connectivity index (χ3n) is 3.07. The first-order valence-corrected chi connectivity index (χ1v) is 8.74. The summed E-state index contributed by atoms with van der Waals surface area (Å²) in [6.45, 7) is 6.62. The fraction of sp³-hybridized carbons (Fsp3) is 0.429. The Balaban J connectivity index is 2.33. The number of aromatic nitrogens is 3. The molecule has 0 saturated carbocycles. The number of hydrogen-bond donors (Lipinski definition) is 0. The topological polar surface area (TPSA) is 64.8 Å². The maximum absolute atomic E-state index is 11.5. The highest BCUT2D eigenvalue weighted by Gasteiger charge is 2.23. The van der Waals surface area contributed by atoms with Crippen LogP contribution < -0.4 is 0 Å². The van der Waals surface area contributed by atoms with Crippen molar-refractivity contribution in [3.8, 4) is 0 Å². The van der Waals surface area contributed by atoms with E-state index in [9.17, 15) is 8.42 Å². The highest BCUT2D eigenvalue weighted by Crippen LogP contribution is 2.24. The number of benzene rings is 1. The zero-order valence-electron chi connectivity index (χ0n) is 12.5. The minimum absolute atomic E-state index is 0.174. The number of rotatable bonds is 3. The van der Waals surface area contributed by atoms with Crippen molar-refractivity contribution in [3.63, 3.8) is 0 Å². The summed E-state index contributed by atoms with van der Waals surface area (Å²) in [5, 5.41) is 8.37. The van der Waals surface area contributed by atoms with Crippen LogP contribution in [0, 0.1) is 0 Å². The predicted molar refractivity (Wildman–Crippen MR) is 82.4 cm³/mol. The molecule has 21 heavy (non-hydrogen) atoms. The quantitative estimate of drug-likeness (QED) is 0.869. The van der Waals surface area contributed by atoms with Gasteiger partial charge in [-0.15, -0.1) is 10.2 Å². The Morgan fingerprint density at radius 1 is 1.14 bits per heavy atom. The lowest BCUT2D eigenvalue weighted by molar-refractivity contribution is 0.510. The molecule has 0 saturated heterocycles. The Kier molecular flexibility index (Phi) is 4.13. The monoisotopic (exact) mass is 327 g/mol. The SMILES string of the molecule is CC(C)(C)c1nnc(Cl)n1Cc1ccc(S(C)(=O)=O)cc1. The molecule has 1 heterocycles. The van der Waals surface area contributed by atoms with Crippen molar-refractivity contribution >= 4 is 21.4 Å². The van der Waals surface area contributed by atoms with Crippen LogP contribution in [0.5, 0.6) is 0 Å². The molecular formula is C14H18ClN3O2S. The fourth-order valence-electron chi connectivity index (χ4n) is 2.00. The molecular weight excluding hydrogens is 310 g/mol. The first kappa shape index (κ1) is 16.0. The Labute approximate surface area is 129 Å². The van der Waals surface area contributed by atoms with Crippen molar-refractivity contribution in [1.29, 1.82) is 0 Å². The van der Waals surface area contributed by atoms with Gasteiger partial charge in [-0.2, -0.15) is 0 Å². The van der Waals surface area contributed by atoms with Crippen LogP contribution in [0.4, 0.5) is 0 Å². The zero-order valence-corrected chi connectivity index (χ0v) is 14.0. The van der Waals surface area contributed by atoms with Crippen LogP contribution in [0.25, 0.3) is 0 Å². The van der Waals surface area contributed by atoms with E-state index in [1.807, 2.05) is 25.3 Å². The fourth-order valence-corrected chi connectivity index (χ4v) is 2.81. The molecule has 1 aromatic heterocycles. The van der Waals surface area contributed by atoms with Crippen LogP contribution in [0.1, 0.15) is 32.2 Å². The van der Waals surface area contributed by atoms with E-state index >= 15 is 0 Å². The van der Waals surface area contributed by atoms with E-state index in [0.717, 1.165) is 11.4 Å². The predicted octanol–water partition coefficient (Wildman–Crippen LogP) is 2.68. The van der Waals surface area contributed by atoms with E-state index in [2.05, 4.69) is 10.2 Å². The number of sulfone groups is 1. The lowest BCUT2D eigenvalue weighted by Crippen LogP contribution is -2.19. The van der Waals surface area contributed by atoms with Crippen LogP contribution in [0.3, 0.4) is 0 Å². The summed E-state index contributed by atoms with van der Waals surface area (Å²) in [4.78, 5) is 0.303. The molecule has 0 N–H and O–H groups in total. The molecule has 0 aliphatic rings. The van der Waals surface area contributed by atoms with Crippen molar-refractivity contribution < 1.29 is 8.42 Å². The van der Waals surface area contributed by atoms with Crippen LogP contribution in [0.15, 0.2) is 29.2 Å². The summed E-state index contributed by atoms with van der Waals surface area (Å²) >= 11 is 6.10. The van der Waals surface area contributed by atoms with Crippen molar-refractivity contribution in [1.82, 2.24) is 14.8 Å². The summed E-state index contributed by atoms with van der Waals surface area (Å²) in [7, 11) is -3.18. The average molecular weight is 328 g/mol. The van der Waals surface area contributed by atoms with E-state index in [1.54, 1.807) is 24.3 Å². The molecule has 7 heteroatoms. The van der Waals surface area contributed by atoms with Gasteiger partial charge in [0.2, 0.25) is 5.28 Å². The first-order valence-electron chi connectivity index (χ1n) is 6.47. The van der Waals surface area contributed by atoms with E-state index < -0.39 is 9.84 Å². The summed E-state index contributed by atoms with van der Waals surface area (Å²) in [6.07, 6.45) is 1.19. The molecule has 2 rings (SSSR count). The van der Waals surface area contributed by atoms with Gasteiger partial charge in [-0.3, -0.25) is 4.57 Å². The zero-order chi connectivity index (χ0) is 15.8. The molecule has 0 atom stereocenters. The van der Waals surface area contributed by atoms with Gasteiger partial charge in [-0.05, 0) is 29.3 Å².